The largest absolute Gasteiger partial charge is 0.507 e. The summed E-state index contributed by atoms with van der Waals surface area (Å²) in [6.07, 6.45) is 3.28. The molecule has 0 atom stereocenters. The molecule has 6 heteroatoms. The molecule has 0 radical (unpaired) electrons. The van der Waals surface area contributed by atoms with Gasteiger partial charge in [0.25, 0.3) is 0 Å². The van der Waals surface area contributed by atoms with E-state index in [4.69, 9.17) is 0 Å². The quantitative estimate of drug-likeness (QED) is 0.139. The molecule has 3 nitrogen and oxygen atoms in total. The van der Waals surface area contributed by atoms with Gasteiger partial charge in [0.2, 0.25) is 0 Å². The highest BCUT2D eigenvalue weighted by atomic mass is 28.3. The molecule has 4 aromatic carbocycles. The molecule has 0 aromatic heterocycles. The van der Waals surface area contributed by atoms with Gasteiger partial charge in [-0.25, -0.2) is 0 Å². The van der Waals surface area contributed by atoms with E-state index in [-0.39, 0.29) is 31.7 Å². The van der Waals surface area contributed by atoms with Crippen LogP contribution in [-0.4, -0.2) is 39.5 Å². The second-order valence-electron chi connectivity index (χ2n) is 34.1. The molecule has 77 heavy (non-hydrogen) atoms. The summed E-state index contributed by atoms with van der Waals surface area (Å²) in [4.78, 5) is 0. The van der Waals surface area contributed by atoms with Crippen LogP contribution in [0.25, 0.3) is 0 Å². The smallest absolute Gasteiger partial charge is 0.123 e. The molecule has 4 aromatic rings. The molecule has 0 amide bonds. The van der Waals surface area contributed by atoms with E-state index in [1.807, 2.05) is 13.8 Å². The Morgan fingerprint density at radius 2 is 0.610 bits per heavy atom. The molecule has 0 fully saturated rings. The van der Waals surface area contributed by atoms with Crippen molar-refractivity contribution in [1.82, 2.24) is 0 Å². The second kappa shape index (κ2) is 24.2. The van der Waals surface area contributed by atoms with E-state index in [0.717, 1.165) is 52.6 Å². The lowest BCUT2D eigenvalue weighted by molar-refractivity contribution is 0.422. The van der Waals surface area contributed by atoms with Gasteiger partial charge in [-0.15, -0.1) is 0 Å². The van der Waals surface area contributed by atoms with Crippen molar-refractivity contribution in [3.63, 3.8) is 0 Å². The lowest BCUT2D eigenvalue weighted by Crippen LogP contribution is -2.61. The molecule has 0 aliphatic rings. The number of rotatable bonds is 10. The average Bonchev–Trinajstić information content (AvgIpc) is 3.19. The van der Waals surface area contributed by atoms with Gasteiger partial charge in [-0.3, -0.25) is 0 Å². The minimum Gasteiger partial charge on any atom is -0.507 e. The number of aryl methyl sites for hydroxylation is 5. The Balaban J connectivity index is 0.000000420. The summed E-state index contributed by atoms with van der Waals surface area (Å²) in [7, 11) is -4.70. The van der Waals surface area contributed by atoms with E-state index >= 15 is 0 Å². The van der Waals surface area contributed by atoms with E-state index < -0.39 is 24.2 Å². The van der Waals surface area contributed by atoms with Crippen LogP contribution >= 0.6 is 0 Å². The van der Waals surface area contributed by atoms with Crippen molar-refractivity contribution in [2.45, 2.75) is 305 Å². The van der Waals surface area contributed by atoms with Gasteiger partial charge in [-0.05, 0) is 136 Å². The number of hydrogen-bond donors (Lipinski definition) is 3. The molecule has 0 aliphatic carbocycles. The highest BCUT2D eigenvalue weighted by Crippen LogP contribution is 2.64. The summed E-state index contributed by atoms with van der Waals surface area (Å²) in [6.45, 7) is 74.6. The Morgan fingerprint density at radius 1 is 0.338 bits per heavy atom. The zero-order valence-corrected chi connectivity index (χ0v) is 59.4. The maximum atomic E-state index is 11.2. The van der Waals surface area contributed by atoms with Gasteiger partial charge in [0.1, 0.15) is 17.2 Å². The van der Waals surface area contributed by atoms with E-state index in [1.165, 1.54) is 34.8 Å². The molecule has 0 unspecified atom stereocenters. The number of aromatic hydroxyl groups is 3. The molecule has 0 spiro atoms. The zero-order chi connectivity index (χ0) is 60.5. The van der Waals surface area contributed by atoms with Gasteiger partial charge in [-0.2, -0.15) is 0 Å². The average molecular weight is 1110 g/mol. The Bertz CT molecular complexity index is 2400. The number of phenols is 3. The number of phenolic OH excluding ortho intramolecular Hbond substituents is 3. The first-order valence-electron chi connectivity index (χ1n) is 29.7. The highest BCUT2D eigenvalue weighted by Gasteiger charge is 2.59. The van der Waals surface area contributed by atoms with E-state index in [0.29, 0.717) is 32.4 Å². The van der Waals surface area contributed by atoms with Crippen LogP contribution in [0.15, 0.2) is 66.7 Å². The molecule has 0 heterocycles. The summed E-state index contributed by atoms with van der Waals surface area (Å²) >= 11 is 0. The molecule has 0 aliphatic heterocycles. The van der Waals surface area contributed by atoms with Crippen molar-refractivity contribution in [2.24, 2.45) is 0 Å². The molecule has 3 N–H and O–H groups in total. The second-order valence-corrected chi connectivity index (χ2v) is 52.5. The predicted molar refractivity (Wildman–Crippen MR) is 354 cm³/mol. The Morgan fingerprint density at radius 3 is 0.870 bits per heavy atom. The number of hydrogen-bond acceptors (Lipinski definition) is 3. The van der Waals surface area contributed by atoms with Crippen LogP contribution in [0.2, 0.25) is 63.0 Å². The van der Waals surface area contributed by atoms with Crippen LogP contribution in [0.5, 0.6) is 17.2 Å². The van der Waals surface area contributed by atoms with Gasteiger partial charge in [-0.1, -0.05) is 291 Å². The van der Waals surface area contributed by atoms with Crippen molar-refractivity contribution in [2.75, 3.05) is 0 Å². The summed E-state index contributed by atoms with van der Waals surface area (Å²) in [6, 6.07) is 28.5. The zero-order valence-electron chi connectivity index (χ0n) is 56.4. The third-order valence-corrected chi connectivity index (χ3v) is 35.4. The molecule has 0 saturated carbocycles. The SMILES string of the molecule is CC(C)(C)c1cc(CC[Si](C(C)(C)C)(C(C)(C)C)C(C)(C)C)cc(C(C)(C)C)c1O.CC(C)(C)c1cc(CC[Si](c2ccccc2)(C(C)(C)C)C(C)(C)C)cc(C(C)(C)C)c1O.Cc1cc(CC[Si](C)(C)C)cc(C)c1O. The first-order chi connectivity index (χ1) is 34.1. The molecule has 0 saturated heterocycles. The predicted octanol–water partition coefficient (Wildman–Crippen LogP) is 21.8. The lowest BCUT2D eigenvalue weighted by atomic mass is 9.78. The van der Waals surface area contributed by atoms with Gasteiger partial charge in [0, 0.05) is 8.07 Å². The van der Waals surface area contributed by atoms with Gasteiger partial charge in [0.15, 0.2) is 0 Å². The summed E-state index contributed by atoms with van der Waals surface area (Å²) in [5, 5.41) is 34.9. The Kier molecular flexibility index (Phi) is 22.0. The molecular weight excluding hydrogens is 985 g/mol. The minimum atomic E-state index is -1.96. The maximum Gasteiger partial charge on any atom is 0.123 e. The standard InChI is InChI=1S/C30H48OSi.C28H52OSi.C13H22OSi/c1-27(2,3)24-20-22(21-25(26(24)31)28(4,5)6)18-19-32(29(7,8)9,30(10,11)12)23-16-14-13-15-17-23;1-24(2,3)21-18-20(19-22(23(21)29)25(4,5)6)16-17-30(26(7,8)9,27(10,11)12)28(13,14)15;1-10-8-12(6-7-15(3,4)5)9-11(2)13(10)14/h13-17,20-21,31H,18-19H2,1-12H3;18-19,29H,16-17H2,1-15H3;8-9,14H,6-7H2,1-5H3. The highest BCUT2D eigenvalue weighted by molar-refractivity contribution is 6.96. The third-order valence-electron chi connectivity index (χ3n) is 17.5. The maximum absolute atomic E-state index is 11.2. The molecular formula is C71H122O3Si3. The fraction of sp³-hybridized carbons (Fsp3) is 0.662. The Labute approximate surface area is 480 Å². The van der Waals surface area contributed by atoms with E-state index in [9.17, 15) is 15.3 Å². The van der Waals surface area contributed by atoms with E-state index in [1.54, 1.807) is 5.19 Å². The topological polar surface area (TPSA) is 60.7 Å². The van der Waals surface area contributed by atoms with Crippen LogP contribution in [0.4, 0.5) is 0 Å². The molecule has 436 valence electrons. The minimum absolute atomic E-state index is 0.0767. The van der Waals surface area contributed by atoms with Gasteiger partial charge < -0.3 is 15.3 Å². The first-order valence-corrected chi connectivity index (χ1v) is 37.8. The van der Waals surface area contributed by atoms with Crippen LogP contribution in [0.1, 0.15) is 237 Å². The van der Waals surface area contributed by atoms with Crippen molar-refractivity contribution in [3.8, 4) is 17.2 Å². The number of benzene rings is 4. The lowest BCUT2D eigenvalue weighted by Gasteiger charge is -2.60. The first kappa shape index (κ1) is 70.0. The fourth-order valence-corrected chi connectivity index (χ4v) is 32.3. The van der Waals surface area contributed by atoms with Crippen LogP contribution in [0, 0.1) is 13.8 Å². The summed E-state index contributed by atoms with van der Waals surface area (Å²) < 4.78 is 0. The van der Waals surface area contributed by atoms with E-state index in [2.05, 4.69) is 273 Å². The molecule has 4 rings (SSSR count). The van der Waals surface area contributed by atoms with Crippen LogP contribution in [-0.2, 0) is 40.9 Å². The fourth-order valence-electron chi connectivity index (χ4n) is 14.4. The van der Waals surface area contributed by atoms with Gasteiger partial charge in [0.05, 0.1) is 16.1 Å². The van der Waals surface area contributed by atoms with Crippen molar-refractivity contribution < 1.29 is 15.3 Å². The summed E-state index contributed by atoms with van der Waals surface area (Å²) in [5.74, 6) is 1.42. The van der Waals surface area contributed by atoms with Crippen LogP contribution in [0.3, 0.4) is 0 Å². The molecule has 0 bridgehead atoms. The van der Waals surface area contributed by atoms with Crippen molar-refractivity contribution in [3.05, 3.63) is 117 Å². The third kappa shape index (κ3) is 17.2. The van der Waals surface area contributed by atoms with Crippen molar-refractivity contribution >= 4 is 29.4 Å². The normalized spacial score (nSPS) is 13.9. The van der Waals surface area contributed by atoms with Crippen LogP contribution < -0.4 is 5.19 Å². The van der Waals surface area contributed by atoms with Gasteiger partial charge >= 0.3 is 0 Å². The van der Waals surface area contributed by atoms with Crippen molar-refractivity contribution in [1.29, 1.82) is 0 Å². The Hall–Kier alpha value is -3.07. The summed E-state index contributed by atoms with van der Waals surface area (Å²) in [5.41, 5.74) is 10.1. The monoisotopic (exact) mass is 1110 g/mol.